The molecule has 0 unspecified atom stereocenters. The Bertz CT molecular complexity index is 829. The average Bonchev–Trinajstić information content (AvgIpc) is 2.64. The number of ether oxygens (including phenoxy) is 1. The Morgan fingerprint density at radius 1 is 1.11 bits per heavy atom. The third-order valence-corrected chi connectivity index (χ3v) is 5.87. The second-order valence-electron chi connectivity index (χ2n) is 7.13. The lowest BCUT2D eigenvalue weighted by Gasteiger charge is -2.37. The fourth-order valence-corrected chi connectivity index (χ4v) is 4.54. The summed E-state index contributed by atoms with van der Waals surface area (Å²) in [5.41, 5.74) is 2.02. The van der Waals surface area contributed by atoms with Gasteiger partial charge >= 0.3 is 0 Å². The standard InChI is InChI=1S/C22H25Cl2NO2/c1-3-27-20-10-8-17(13-15(20)2)25-21(26)22(11-5-4-6-12-22)18-9-7-16(23)14-19(18)24/h7-10,13-14H,3-6,11-12H2,1-2H3,(H,25,26). The summed E-state index contributed by atoms with van der Waals surface area (Å²) < 4.78 is 5.59. The van der Waals surface area contributed by atoms with Crippen molar-refractivity contribution in [2.45, 2.75) is 51.4 Å². The first kappa shape index (κ1) is 20.0. The molecule has 0 atom stereocenters. The van der Waals surface area contributed by atoms with E-state index in [9.17, 15) is 4.79 Å². The maximum Gasteiger partial charge on any atom is 0.235 e. The molecule has 0 aromatic heterocycles. The van der Waals surface area contributed by atoms with E-state index in [0.717, 1.165) is 54.7 Å². The first-order valence-corrected chi connectivity index (χ1v) is 10.2. The average molecular weight is 406 g/mol. The number of hydrogen-bond donors (Lipinski definition) is 1. The number of nitrogens with one attached hydrogen (secondary N) is 1. The van der Waals surface area contributed by atoms with Crippen LogP contribution in [-0.4, -0.2) is 12.5 Å². The summed E-state index contributed by atoms with van der Waals surface area (Å²) in [4.78, 5) is 13.4. The highest BCUT2D eigenvalue weighted by Crippen LogP contribution is 2.44. The Morgan fingerprint density at radius 2 is 1.85 bits per heavy atom. The van der Waals surface area contributed by atoms with Crippen molar-refractivity contribution in [1.82, 2.24) is 0 Å². The van der Waals surface area contributed by atoms with E-state index >= 15 is 0 Å². The van der Waals surface area contributed by atoms with Gasteiger partial charge in [-0.05, 0) is 68.1 Å². The van der Waals surface area contributed by atoms with E-state index in [4.69, 9.17) is 27.9 Å². The Kier molecular flexibility index (Phi) is 6.33. The van der Waals surface area contributed by atoms with Gasteiger partial charge in [0.2, 0.25) is 5.91 Å². The maximum atomic E-state index is 13.4. The van der Waals surface area contributed by atoms with Gasteiger partial charge in [-0.25, -0.2) is 0 Å². The molecular formula is C22H25Cl2NO2. The predicted molar refractivity (Wildman–Crippen MR) is 112 cm³/mol. The molecule has 27 heavy (non-hydrogen) atoms. The van der Waals surface area contributed by atoms with Crippen LogP contribution < -0.4 is 10.1 Å². The van der Waals surface area contributed by atoms with Crippen molar-refractivity contribution < 1.29 is 9.53 Å². The second-order valence-corrected chi connectivity index (χ2v) is 7.98. The van der Waals surface area contributed by atoms with Crippen LogP contribution in [0.15, 0.2) is 36.4 Å². The van der Waals surface area contributed by atoms with E-state index in [2.05, 4.69) is 5.32 Å². The molecule has 0 spiro atoms. The molecule has 1 aliphatic carbocycles. The monoisotopic (exact) mass is 405 g/mol. The third kappa shape index (κ3) is 4.25. The molecule has 0 bridgehead atoms. The largest absolute Gasteiger partial charge is 0.494 e. The van der Waals surface area contributed by atoms with Gasteiger partial charge in [-0.15, -0.1) is 0 Å². The van der Waals surface area contributed by atoms with Crippen LogP contribution in [0.2, 0.25) is 10.0 Å². The highest BCUT2D eigenvalue weighted by atomic mass is 35.5. The number of aryl methyl sites for hydroxylation is 1. The Balaban J connectivity index is 1.91. The fraction of sp³-hybridized carbons (Fsp3) is 0.409. The molecule has 1 aliphatic rings. The van der Waals surface area contributed by atoms with Crippen molar-refractivity contribution in [1.29, 1.82) is 0 Å². The number of anilines is 1. The molecule has 1 amide bonds. The second kappa shape index (κ2) is 8.53. The smallest absolute Gasteiger partial charge is 0.235 e. The number of benzene rings is 2. The van der Waals surface area contributed by atoms with Crippen LogP contribution >= 0.6 is 23.2 Å². The molecule has 0 saturated heterocycles. The van der Waals surface area contributed by atoms with Crippen molar-refractivity contribution in [3.63, 3.8) is 0 Å². The van der Waals surface area contributed by atoms with Crippen LogP contribution in [0.25, 0.3) is 0 Å². The predicted octanol–water partition coefficient (Wildman–Crippen LogP) is 6.54. The summed E-state index contributed by atoms with van der Waals surface area (Å²) in [7, 11) is 0. The summed E-state index contributed by atoms with van der Waals surface area (Å²) >= 11 is 12.6. The quantitative estimate of drug-likeness (QED) is 0.612. The topological polar surface area (TPSA) is 38.3 Å². The van der Waals surface area contributed by atoms with Gasteiger partial charge < -0.3 is 10.1 Å². The van der Waals surface area contributed by atoms with Crippen LogP contribution in [0.4, 0.5) is 5.69 Å². The molecule has 144 valence electrons. The van der Waals surface area contributed by atoms with Crippen LogP contribution in [-0.2, 0) is 10.2 Å². The Hall–Kier alpha value is -1.71. The molecule has 0 radical (unpaired) electrons. The summed E-state index contributed by atoms with van der Waals surface area (Å²) in [5, 5.41) is 4.26. The van der Waals surface area contributed by atoms with Gasteiger partial charge in [0.25, 0.3) is 0 Å². The van der Waals surface area contributed by atoms with E-state index in [1.165, 1.54) is 0 Å². The molecule has 2 aromatic carbocycles. The lowest BCUT2D eigenvalue weighted by Crippen LogP contribution is -2.42. The van der Waals surface area contributed by atoms with E-state index < -0.39 is 5.41 Å². The number of rotatable bonds is 5. The molecule has 0 heterocycles. The van der Waals surface area contributed by atoms with Crippen molar-refractivity contribution in [2.75, 3.05) is 11.9 Å². The first-order chi connectivity index (χ1) is 13.0. The minimum atomic E-state index is -0.619. The normalized spacial score (nSPS) is 16.0. The molecule has 5 heteroatoms. The molecule has 0 aliphatic heterocycles. The fourth-order valence-electron chi connectivity index (χ4n) is 3.95. The molecule has 2 aromatic rings. The molecular weight excluding hydrogens is 381 g/mol. The van der Waals surface area contributed by atoms with E-state index in [1.807, 2.05) is 44.2 Å². The minimum absolute atomic E-state index is 0.00465. The van der Waals surface area contributed by atoms with Crippen molar-refractivity contribution >= 4 is 34.8 Å². The van der Waals surface area contributed by atoms with Gasteiger partial charge in [-0.2, -0.15) is 0 Å². The van der Waals surface area contributed by atoms with Crippen molar-refractivity contribution in [3.8, 4) is 5.75 Å². The zero-order chi connectivity index (χ0) is 19.4. The lowest BCUT2D eigenvalue weighted by molar-refractivity contribution is -0.122. The minimum Gasteiger partial charge on any atom is -0.494 e. The zero-order valence-electron chi connectivity index (χ0n) is 15.8. The SMILES string of the molecule is CCOc1ccc(NC(=O)C2(c3ccc(Cl)cc3Cl)CCCCC2)cc1C. The van der Waals surface area contributed by atoms with Crippen LogP contribution in [0.3, 0.4) is 0 Å². The molecule has 1 N–H and O–H groups in total. The van der Waals surface area contributed by atoms with E-state index in [0.29, 0.717) is 16.7 Å². The number of carbonyl (C=O) groups excluding carboxylic acids is 1. The number of carbonyl (C=O) groups is 1. The van der Waals surface area contributed by atoms with Gasteiger partial charge in [0.05, 0.1) is 12.0 Å². The lowest BCUT2D eigenvalue weighted by atomic mass is 9.68. The van der Waals surface area contributed by atoms with Crippen molar-refractivity contribution in [3.05, 3.63) is 57.6 Å². The summed E-state index contributed by atoms with van der Waals surface area (Å²) in [6.07, 6.45) is 4.73. The van der Waals surface area contributed by atoms with Gasteiger partial charge in [-0.3, -0.25) is 4.79 Å². The number of halogens is 2. The third-order valence-electron chi connectivity index (χ3n) is 5.32. The van der Waals surface area contributed by atoms with E-state index in [1.54, 1.807) is 6.07 Å². The van der Waals surface area contributed by atoms with Crippen LogP contribution in [0.1, 0.15) is 50.2 Å². The molecule has 3 nitrogen and oxygen atoms in total. The van der Waals surface area contributed by atoms with Gasteiger partial charge in [0.1, 0.15) is 5.75 Å². The van der Waals surface area contributed by atoms with Crippen LogP contribution in [0.5, 0.6) is 5.75 Å². The summed E-state index contributed by atoms with van der Waals surface area (Å²) in [5.74, 6) is 0.832. The molecule has 1 fully saturated rings. The highest BCUT2D eigenvalue weighted by molar-refractivity contribution is 6.35. The molecule has 3 rings (SSSR count). The molecule has 1 saturated carbocycles. The van der Waals surface area contributed by atoms with Gasteiger partial charge in [0.15, 0.2) is 0 Å². The Morgan fingerprint density at radius 3 is 2.48 bits per heavy atom. The van der Waals surface area contributed by atoms with E-state index in [-0.39, 0.29) is 5.91 Å². The van der Waals surface area contributed by atoms with Gasteiger partial charge in [0, 0.05) is 15.7 Å². The van der Waals surface area contributed by atoms with Crippen LogP contribution in [0, 0.1) is 6.92 Å². The Labute approximate surface area is 171 Å². The highest BCUT2D eigenvalue weighted by Gasteiger charge is 2.42. The number of hydrogen-bond acceptors (Lipinski definition) is 2. The summed E-state index contributed by atoms with van der Waals surface area (Å²) in [6.45, 7) is 4.55. The zero-order valence-corrected chi connectivity index (χ0v) is 17.3. The first-order valence-electron chi connectivity index (χ1n) is 9.47. The summed E-state index contributed by atoms with van der Waals surface area (Å²) in [6, 6.07) is 11.2. The number of amides is 1. The maximum absolute atomic E-state index is 13.4. The van der Waals surface area contributed by atoms with Crippen molar-refractivity contribution in [2.24, 2.45) is 0 Å². The van der Waals surface area contributed by atoms with Gasteiger partial charge in [-0.1, -0.05) is 48.5 Å².